The molecular formula is C25H18N4O6S2. The third-order valence-corrected chi connectivity index (χ3v) is 8.30. The monoisotopic (exact) mass is 534 g/mol. The molecule has 2 aromatic carbocycles. The van der Waals surface area contributed by atoms with Crippen LogP contribution in [0.3, 0.4) is 0 Å². The van der Waals surface area contributed by atoms with Gasteiger partial charge in [0.2, 0.25) is 0 Å². The molecule has 1 N–H and O–H groups in total. The third-order valence-electron chi connectivity index (χ3n) is 6.36. The van der Waals surface area contributed by atoms with Gasteiger partial charge in [-0.15, -0.1) is 11.3 Å². The molecule has 4 heterocycles. The van der Waals surface area contributed by atoms with Gasteiger partial charge in [-0.1, -0.05) is 17.4 Å². The van der Waals surface area contributed by atoms with Gasteiger partial charge in [-0.3, -0.25) is 24.6 Å². The van der Waals surface area contributed by atoms with E-state index in [2.05, 4.69) is 4.98 Å². The molecular weight excluding hydrogens is 516 g/mol. The van der Waals surface area contributed by atoms with Crippen molar-refractivity contribution < 1.29 is 24.4 Å². The topological polar surface area (TPSA) is 126 Å². The molecule has 1 atom stereocenters. The van der Waals surface area contributed by atoms with Crippen LogP contribution in [-0.4, -0.2) is 46.9 Å². The van der Waals surface area contributed by atoms with Crippen molar-refractivity contribution in [2.45, 2.75) is 6.04 Å². The number of benzene rings is 2. The Morgan fingerprint density at radius 2 is 2.05 bits per heavy atom. The van der Waals surface area contributed by atoms with Crippen molar-refractivity contribution in [3.8, 4) is 5.75 Å². The molecule has 186 valence electrons. The van der Waals surface area contributed by atoms with Gasteiger partial charge in [-0.25, -0.2) is 4.98 Å². The van der Waals surface area contributed by atoms with E-state index >= 15 is 0 Å². The maximum absolute atomic E-state index is 13.4. The summed E-state index contributed by atoms with van der Waals surface area (Å²) >= 11 is 2.42. The van der Waals surface area contributed by atoms with Crippen LogP contribution in [0, 0.1) is 10.1 Å². The quantitative estimate of drug-likeness (QED) is 0.131. The summed E-state index contributed by atoms with van der Waals surface area (Å²) < 4.78 is 6.19. The summed E-state index contributed by atoms with van der Waals surface area (Å²) in [5.74, 6) is -1.28. The second kappa shape index (κ2) is 8.68. The van der Waals surface area contributed by atoms with E-state index in [9.17, 15) is 24.8 Å². The molecule has 37 heavy (non-hydrogen) atoms. The fourth-order valence-corrected chi connectivity index (χ4v) is 6.37. The average molecular weight is 535 g/mol. The second-order valence-corrected chi connectivity index (χ2v) is 10.5. The molecule has 4 aromatic rings. The molecule has 0 aliphatic carbocycles. The van der Waals surface area contributed by atoms with Crippen LogP contribution in [0.2, 0.25) is 0 Å². The van der Waals surface area contributed by atoms with Crippen molar-refractivity contribution in [2.75, 3.05) is 30.0 Å². The van der Waals surface area contributed by atoms with Crippen LogP contribution in [-0.2, 0) is 9.59 Å². The van der Waals surface area contributed by atoms with E-state index in [1.54, 1.807) is 30.3 Å². The van der Waals surface area contributed by atoms with Gasteiger partial charge in [0.05, 0.1) is 32.9 Å². The van der Waals surface area contributed by atoms with Crippen molar-refractivity contribution >= 4 is 66.8 Å². The number of amides is 1. The number of Topliss-reactive ketones (excluding diaryl/α,β-unsaturated/α-hetero) is 1. The van der Waals surface area contributed by atoms with Gasteiger partial charge < -0.3 is 14.7 Å². The lowest BCUT2D eigenvalue weighted by Crippen LogP contribution is -2.29. The lowest BCUT2D eigenvalue weighted by Gasteiger charge is -2.28. The number of fused-ring (bicyclic) bond motifs is 2. The van der Waals surface area contributed by atoms with Gasteiger partial charge in [-0.05, 0) is 35.7 Å². The Bertz CT molecular complexity index is 1630. The second-order valence-electron chi connectivity index (χ2n) is 8.54. The Hall–Kier alpha value is -4.29. The van der Waals surface area contributed by atoms with Crippen LogP contribution in [0.4, 0.5) is 16.5 Å². The smallest absolute Gasteiger partial charge is 0.301 e. The van der Waals surface area contributed by atoms with Gasteiger partial charge >= 0.3 is 5.91 Å². The molecule has 0 saturated carbocycles. The highest BCUT2D eigenvalue weighted by Gasteiger charge is 2.48. The summed E-state index contributed by atoms with van der Waals surface area (Å²) in [6, 6.07) is 12.0. The molecule has 2 aliphatic rings. The number of hydrogen-bond acceptors (Lipinski definition) is 10. The minimum atomic E-state index is -0.902. The number of nitro groups is 1. The molecule has 1 unspecified atom stereocenters. The van der Waals surface area contributed by atoms with E-state index < -0.39 is 22.7 Å². The number of non-ortho nitro benzene ring substituents is 1. The number of thiazole rings is 1. The van der Waals surface area contributed by atoms with Gasteiger partial charge in [0.1, 0.15) is 24.2 Å². The van der Waals surface area contributed by atoms with Gasteiger partial charge in [0, 0.05) is 29.6 Å². The third kappa shape index (κ3) is 3.72. The Kier molecular flexibility index (Phi) is 5.42. The summed E-state index contributed by atoms with van der Waals surface area (Å²) in [5.41, 5.74) is 1.48. The summed E-state index contributed by atoms with van der Waals surface area (Å²) in [4.78, 5) is 45.9. The number of carbonyl (C=O) groups excluding carboxylic acids is 2. The molecule has 0 bridgehead atoms. The molecule has 6 rings (SSSR count). The first-order valence-corrected chi connectivity index (χ1v) is 12.9. The largest absolute Gasteiger partial charge is 0.507 e. The standard InChI is InChI=1S/C25H18N4O6S2/c1-27-8-9-35-17-7-4-13(11-16(17)27)22(30)20-21(18-3-2-10-36-18)28(24(32)23(20)31)25-26-15-6-5-14(29(33)34)12-19(15)37-25/h2-7,10-12,21,30H,8-9H2,1H3/b22-20+. The minimum absolute atomic E-state index is 0.0444. The van der Waals surface area contributed by atoms with Gasteiger partial charge in [0.25, 0.3) is 11.5 Å². The summed E-state index contributed by atoms with van der Waals surface area (Å²) in [6.45, 7) is 1.22. The van der Waals surface area contributed by atoms with Crippen LogP contribution in [0.5, 0.6) is 5.75 Å². The number of carbonyl (C=O) groups is 2. The number of aromatic nitrogens is 1. The van der Waals surface area contributed by atoms with E-state index in [4.69, 9.17) is 4.74 Å². The molecule has 2 aromatic heterocycles. The fraction of sp³-hybridized carbons (Fsp3) is 0.160. The summed E-state index contributed by atoms with van der Waals surface area (Å²) in [5, 5.41) is 24.6. The lowest BCUT2D eigenvalue weighted by atomic mass is 9.99. The highest BCUT2D eigenvalue weighted by molar-refractivity contribution is 7.22. The molecule has 10 nitrogen and oxygen atoms in total. The Labute approximate surface area is 217 Å². The van der Waals surface area contributed by atoms with Gasteiger partial charge in [0.15, 0.2) is 5.13 Å². The van der Waals surface area contributed by atoms with E-state index in [0.717, 1.165) is 17.0 Å². The van der Waals surface area contributed by atoms with Crippen molar-refractivity contribution in [3.63, 3.8) is 0 Å². The Balaban J connectivity index is 1.50. The number of nitro benzene ring substituents is 1. The zero-order valence-electron chi connectivity index (χ0n) is 19.3. The van der Waals surface area contributed by atoms with Crippen LogP contribution < -0.4 is 14.5 Å². The number of hydrogen-bond donors (Lipinski definition) is 1. The maximum Gasteiger partial charge on any atom is 0.301 e. The molecule has 0 radical (unpaired) electrons. The molecule has 12 heteroatoms. The number of nitrogens with zero attached hydrogens (tertiary/aromatic N) is 4. The first-order valence-electron chi connectivity index (χ1n) is 11.2. The summed E-state index contributed by atoms with van der Waals surface area (Å²) in [6.07, 6.45) is 0. The predicted molar refractivity (Wildman–Crippen MR) is 141 cm³/mol. The fourth-order valence-electron chi connectivity index (χ4n) is 4.52. The normalized spacial score (nSPS) is 18.8. The number of ketones is 1. The minimum Gasteiger partial charge on any atom is -0.507 e. The first kappa shape index (κ1) is 23.1. The number of aliphatic hydroxyl groups is 1. The summed E-state index contributed by atoms with van der Waals surface area (Å²) in [7, 11) is 1.91. The lowest BCUT2D eigenvalue weighted by molar-refractivity contribution is -0.384. The van der Waals surface area contributed by atoms with Crippen molar-refractivity contribution in [1.82, 2.24) is 4.98 Å². The number of ether oxygens (including phenoxy) is 1. The van der Waals surface area contributed by atoms with Crippen molar-refractivity contribution in [3.05, 3.63) is 80.0 Å². The van der Waals surface area contributed by atoms with Crippen molar-refractivity contribution in [2.24, 2.45) is 0 Å². The van der Waals surface area contributed by atoms with E-state index in [-0.39, 0.29) is 22.2 Å². The van der Waals surface area contributed by atoms with E-state index in [0.29, 0.717) is 39.6 Å². The zero-order chi connectivity index (χ0) is 25.8. The first-order chi connectivity index (χ1) is 17.8. The SMILES string of the molecule is CN1CCOc2ccc(/C(O)=C3\C(=O)C(=O)N(c4nc5ccc([N+](=O)[O-])cc5s4)C3c3cccs3)cc21. The van der Waals surface area contributed by atoms with Crippen LogP contribution in [0.25, 0.3) is 16.0 Å². The Morgan fingerprint density at radius 3 is 2.81 bits per heavy atom. The van der Waals surface area contributed by atoms with E-state index in [1.807, 2.05) is 17.3 Å². The molecule has 1 amide bonds. The highest BCUT2D eigenvalue weighted by Crippen LogP contribution is 2.46. The molecule has 2 aliphatic heterocycles. The number of thiophene rings is 1. The molecule has 0 spiro atoms. The predicted octanol–water partition coefficient (Wildman–Crippen LogP) is 4.72. The average Bonchev–Trinajstić information content (AvgIpc) is 3.62. The number of anilines is 2. The molecule has 1 fully saturated rings. The van der Waals surface area contributed by atoms with Crippen LogP contribution in [0.1, 0.15) is 16.5 Å². The van der Waals surface area contributed by atoms with Crippen molar-refractivity contribution in [1.29, 1.82) is 0 Å². The Morgan fingerprint density at radius 1 is 1.22 bits per heavy atom. The van der Waals surface area contributed by atoms with Crippen LogP contribution in [0.15, 0.2) is 59.5 Å². The van der Waals surface area contributed by atoms with E-state index in [1.165, 1.54) is 34.4 Å². The zero-order valence-corrected chi connectivity index (χ0v) is 20.9. The van der Waals surface area contributed by atoms with Crippen LogP contribution >= 0.6 is 22.7 Å². The van der Waals surface area contributed by atoms with Gasteiger partial charge in [-0.2, -0.15) is 0 Å². The number of aliphatic hydroxyl groups excluding tert-OH is 1. The maximum atomic E-state index is 13.4. The molecule has 1 saturated heterocycles. The highest BCUT2D eigenvalue weighted by atomic mass is 32.1. The number of rotatable bonds is 4. The number of likely N-dealkylation sites (N-methyl/N-ethyl adjacent to an activating group) is 1.